The lowest BCUT2D eigenvalue weighted by molar-refractivity contribution is -0.0542. The highest BCUT2D eigenvalue weighted by Gasteiger charge is 2.51. The van der Waals surface area contributed by atoms with Gasteiger partial charge in [0.2, 0.25) is 0 Å². The Balaban J connectivity index is 1.22. The third-order valence-electron chi connectivity index (χ3n) is 9.75. The summed E-state index contributed by atoms with van der Waals surface area (Å²) in [5.74, 6) is -0.612. The van der Waals surface area contributed by atoms with Crippen molar-refractivity contribution in [3.05, 3.63) is 192 Å². The summed E-state index contributed by atoms with van der Waals surface area (Å²) in [7, 11) is 0. The predicted molar refractivity (Wildman–Crippen MR) is 204 cm³/mol. The number of nitrogens with one attached hydrogen (secondary N) is 1. The van der Waals surface area contributed by atoms with Crippen molar-refractivity contribution in [3.63, 3.8) is 0 Å². The van der Waals surface area contributed by atoms with E-state index in [0.717, 1.165) is 16.7 Å². The van der Waals surface area contributed by atoms with E-state index in [1.165, 1.54) is 6.33 Å². The van der Waals surface area contributed by atoms with Crippen LogP contribution in [0, 0.1) is 0 Å². The smallest absolute Gasteiger partial charge is 0.338 e. The van der Waals surface area contributed by atoms with Crippen LogP contribution in [-0.2, 0) is 19.7 Å². The van der Waals surface area contributed by atoms with E-state index in [4.69, 9.17) is 24.3 Å². The number of rotatable bonds is 11. The van der Waals surface area contributed by atoms with Crippen molar-refractivity contribution in [2.45, 2.75) is 43.4 Å². The number of fused-ring (bicyclic) bond motifs is 1. The van der Waals surface area contributed by atoms with Gasteiger partial charge in [0.05, 0.1) is 22.7 Å². The molecule has 0 saturated carbocycles. The van der Waals surface area contributed by atoms with Crippen molar-refractivity contribution in [1.29, 1.82) is 0 Å². The van der Waals surface area contributed by atoms with E-state index in [-0.39, 0.29) is 0 Å². The number of esters is 2. The average Bonchev–Trinajstić information content (AvgIpc) is 3.82. The Morgan fingerprint density at radius 2 is 1.13 bits per heavy atom. The van der Waals surface area contributed by atoms with Gasteiger partial charge < -0.3 is 19.5 Å². The summed E-state index contributed by atoms with van der Waals surface area (Å²) in [6, 6.07) is 48.0. The zero-order chi connectivity index (χ0) is 36.9. The molecule has 1 saturated heterocycles. The van der Waals surface area contributed by atoms with Gasteiger partial charge in [0.1, 0.15) is 23.8 Å². The quantitative estimate of drug-likeness (QED) is 0.105. The van der Waals surface area contributed by atoms with Crippen LogP contribution in [-0.4, -0.2) is 50.0 Å². The molecule has 0 bridgehead atoms. The largest absolute Gasteiger partial charge is 0.452 e. The molecule has 0 radical (unpaired) electrons. The van der Waals surface area contributed by atoms with Crippen molar-refractivity contribution >= 4 is 28.8 Å². The first-order valence-corrected chi connectivity index (χ1v) is 17.9. The summed E-state index contributed by atoms with van der Waals surface area (Å²) in [4.78, 5) is 36.5. The Labute approximate surface area is 312 Å². The third kappa shape index (κ3) is 6.48. The fourth-order valence-corrected chi connectivity index (χ4v) is 7.14. The molecule has 1 N–H and O–H groups in total. The van der Waals surface area contributed by atoms with E-state index in [1.807, 2.05) is 73.7 Å². The minimum absolute atomic E-state index is 0.350. The van der Waals surface area contributed by atoms with Gasteiger partial charge in [-0.1, -0.05) is 134 Å². The van der Waals surface area contributed by atoms with Gasteiger partial charge in [-0.25, -0.2) is 24.2 Å². The number of carbonyl (C=O) groups excluding carboxylic acids is 2. The number of nitrogens with zero attached hydrogens (tertiary/aromatic N) is 4. The molecular formula is C44H37N5O5. The maximum Gasteiger partial charge on any atom is 0.338 e. The molecule has 0 spiro atoms. The molecule has 1 aliphatic rings. The lowest BCUT2D eigenvalue weighted by Crippen LogP contribution is -2.39. The molecule has 0 aliphatic carbocycles. The molecule has 54 heavy (non-hydrogen) atoms. The standard InChI is InChI=1S/C44H37N5O5/c1-2-36-37(53-42(50)30-18-8-3-9-19-30)38(54-43(51)31-20-10-4-11-21-31)41(52-36)49-40-35(28-47-49)39(45-29-46-40)48-44(32-22-12-5-13-23-32,33-24-14-6-15-25-33)34-26-16-7-17-27-34/h3-29,36-38,41H,2H2,1H3,(H,45,46,48)/t36-,37+,38?,41-/m1/s1. The van der Waals surface area contributed by atoms with E-state index < -0.39 is 42.0 Å². The Morgan fingerprint density at radius 3 is 1.61 bits per heavy atom. The normalized spacial score (nSPS) is 18.2. The highest BCUT2D eigenvalue weighted by molar-refractivity contribution is 5.91. The summed E-state index contributed by atoms with van der Waals surface area (Å²) < 4.78 is 20.4. The fourth-order valence-electron chi connectivity index (χ4n) is 7.14. The van der Waals surface area contributed by atoms with Gasteiger partial charge in [0, 0.05) is 0 Å². The first-order valence-electron chi connectivity index (χ1n) is 17.9. The molecule has 2 aromatic heterocycles. The molecular weight excluding hydrogens is 679 g/mol. The van der Waals surface area contributed by atoms with Crippen molar-refractivity contribution in [3.8, 4) is 0 Å². The van der Waals surface area contributed by atoms with Crippen LogP contribution in [0.3, 0.4) is 0 Å². The van der Waals surface area contributed by atoms with E-state index in [9.17, 15) is 9.59 Å². The number of benzene rings is 5. The van der Waals surface area contributed by atoms with Crippen LogP contribution in [0.15, 0.2) is 164 Å². The molecule has 7 aromatic rings. The van der Waals surface area contributed by atoms with E-state index in [1.54, 1.807) is 59.4 Å². The zero-order valence-electron chi connectivity index (χ0n) is 29.4. The van der Waals surface area contributed by atoms with Crippen LogP contribution >= 0.6 is 0 Å². The topological polar surface area (TPSA) is 117 Å². The fraction of sp³-hybridized carbons (Fsp3) is 0.159. The summed E-state index contributed by atoms with van der Waals surface area (Å²) in [6.45, 7) is 1.92. The Bertz CT molecular complexity index is 2240. The first kappa shape index (κ1) is 34.4. The maximum absolute atomic E-state index is 13.6. The molecule has 0 amide bonds. The number of carbonyl (C=O) groups is 2. The molecule has 1 unspecified atom stereocenters. The van der Waals surface area contributed by atoms with Gasteiger partial charge in [0.25, 0.3) is 0 Å². The molecule has 3 heterocycles. The van der Waals surface area contributed by atoms with Crippen molar-refractivity contribution in [2.75, 3.05) is 5.32 Å². The van der Waals surface area contributed by atoms with Crippen LogP contribution in [0.4, 0.5) is 5.82 Å². The summed E-state index contributed by atoms with van der Waals surface area (Å²) in [6.07, 6.45) is 0.00147. The van der Waals surface area contributed by atoms with Crippen molar-refractivity contribution in [1.82, 2.24) is 19.7 Å². The molecule has 8 rings (SSSR count). The summed E-state index contributed by atoms with van der Waals surface area (Å²) >= 11 is 0. The van der Waals surface area contributed by atoms with Crippen LogP contribution < -0.4 is 5.32 Å². The van der Waals surface area contributed by atoms with Gasteiger partial charge >= 0.3 is 11.9 Å². The molecule has 268 valence electrons. The highest BCUT2D eigenvalue weighted by Crippen LogP contribution is 2.42. The van der Waals surface area contributed by atoms with Crippen LogP contribution in [0.1, 0.15) is 57.0 Å². The third-order valence-corrected chi connectivity index (χ3v) is 9.75. The van der Waals surface area contributed by atoms with Gasteiger partial charge in [-0.2, -0.15) is 5.10 Å². The number of hydrogen-bond acceptors (Lipinski definition) is 9. The summed E-state index contributed by atoms with van der Waals surface area (Å²) in [5.41, 5.74) is 3.30. The number of aromatic nitrogens is 4. The Morgan fingerprint density at radius 1 is 0.667 bits per heavy atom. The second-order valence-electron chi connectivity index (χ2n) is 13.0. The number of hydrogen-bond donors (Lipinski definition) is 1. The molecule has 1 aliphatic heterocycles. The molecule has 10 heteroatoms. The maximum atomic E-state index is 13.6. The minimum Gasteiger partial charge on any atom is -0.452 e. The van der Waals surface area contributed by atoms with Gasteiger partial charge in [-0.15, -0.1) is 0 Å². The first-order chi connectivity index (χ1) is 26.6. The van der Waals surface area contributed by atoms with Gasteiger partial charge in [-0.3, -0.25) is 0 Å². The lowest BCUT2D eigenvalue weighted by atomic mass is 9.77. The Kier molecular flexibility index (Phi) is 9.65. The number of ether oxygens (including phenoxy) is 3. The second kappa shape index (κ2) is 15.1. The van der Waals surface area contributed by atoms with Crippen LogP contribution in [0.25, 0.3) is 11.0 Å². The Hall–Kier alpha value is -6.65. The molecule has 4 atom stereocenters. The van der Waals surface area contributed by atoms with E-state index in [2.05, 4.69) is 46.7 Å². The van der Waals surface area contributed by atoms with E-state index >= 15 is 0 Å². The SMILES string of the molecule is CC[C@H]1O[C@@H](n2ncc3c(NC(c4ccccc4)(c4ccccc4)c4ccccc4)ncnc32)C(OC(=O)c2ccccc2)[C@H]1OC(=O)c1ccccc1. The predicted octanol–water partition coefficient (Wildman–Crippen LogP) is 7.99. The molecule has 10 nitrogen and oxygen atoms in total. The number of anilines is 1. The van der Waals surface area contributed by atoms with Gasteiger partial charge in [-0.05, 0) is 47.4 Å². The van der Waals surface area contributed by atoms with E-state index in [0.29, 0.717) is 34.4 Å². The van der Waals surface area contributed by atoms with Crippen LogP contribution in [0.2, 0.25) is 0 Å². The van der Waals surface area contributed by atoms with Crippen molar-refractivity contribution < 1.29 is 23.8 Å². The minimum atomic E-state index is -1.07. The lowest BCUT2D eigenvalue weighted by Gasteiger charge is -2.37. The second-order valence-corrected chi connectivity index (χ2v) is 13.0. The van der Waals surface area contributed by atoms with Crippen molar-refractivity contribution in [2.24, 2.45) is 0 Å². The summed E-state index contributed by atoms with van der Waals surface area (Å²) in [5, 5.41) is 9.21. The molecule has 1 fully saturated rings. The van der Waals surface area contributed by atoms with Crippen LogP contribution in [0.5, 0.6) is 0 Å². The average molecular weight is 716 g/mol. The van der Waals surface area contributed by atoms with Gasteiger partial charge in [0.15, 0.2) is 24.1 Å². The monoisotopic (exact) mass is 715 g/mol. The molecule has 5 aromatic carbocycles. The zero-order valence-corrected chi connectivity index (χ0v) is 29.4. The highest BCUT2D eigenvalue weighted by atomic mass is 16.6.